The maximum atomic E-state index is 12.8. The lowest BCUT2D eigenvalue weighted by Gasteiger charge is -2.49. The Balaban J connectivity index is 1.68. The number of piperazine rings is 1. The second kappa shape index (κ2) is 7.46. The van der Waals surface area contributed by atoms with E-state index in [0.29, 0.717) is 19.5 Å². The molecule has 1 aromatic carbocycles. The molecule has 8 nitrogen and oxygen atoms in total. The van der Waals surface area contributed by atoms with E-state index in [-0.39, 0.29) is 28.5 Å². The predicted molar refractivity (Wildman–Crippen MR) is 107 cm³/mol. The Morgan fingerprint density at radius 1 is 1.32 bits per heavy atom. The summed E-state index contributed by atoms with van der Waals surface area (Å²) in [5.74, 6) is 0.643. The molecule has 1 fully saturated rings. The third-order valence-electron chi connectivity index (χ3n) is 5.57. The fourth-order valence-electron chi connectivity index (χ4n) is 4.28. The minimum atomic E-state index is -0.382. The van der Waals surface area contributed by atoms with Crippen molar-refractivity contribution >= 4 is 23.1 Å². The summed E-state index contributed by atoms with van der Waals surface area (Å²) < 4.78 is 0. The molecule has 0 bridgehead atoms. The quantitative estimate of drug-likeness (QED) is 0.643. The number of fused-ring (bicyclic) bond motifs is 3. The molecule has 1 amide bonds. The van der Waals surface area contributed by atoms with Crippen molar-refractivity contribution in [3.63, 3.8) is 0 Å². The van der Waals surface area contributed by atoms with Crippen molar-refractivity contribution < 1.29 is 9.72 Å². The minimum Gasteiger partial charge on any atom is -0.364 e. The minimum absolute atomic E-state index is 0.00229. The van der Waals surface area contributed by atoms with Gasteiger partial charge in [0, 0.05) is 50.2 Å². The molecule has 2 aliphatic heterocycles. The average Bonchev–Trinajstić information content (AvgIpc) is 2.73. The van der Waals surface area contributed by atoms with E-state index >= 15 is 0 Å². The fourth-order valence-corrected chi connectivity index (χ4v) is 4.28. The zero-order valence-corrected chi connectivity index (χ0v) is 15.7. The SMILES string of the molecule is CCNC(=O)[C@H]1Cc2cc([N+](=O)[O-])ccc2N2CCN(c3ccccn3)C[C@@H]12. The normalized spacial score (nSPS) is 20.9. The number of benzene rings is 1. The van der Waals surface area contributed by atoms with Gasteiger partial charge in [0.1, 0.15) is 5.82 Å². The molecule has 2 aromatic rings. The van der Waals surface area contributed by atoms with Crippen molar-refractivity contribution in [2.45, 2.75) is 19.4 Å². The standard InChI is InChI=1S/C20H23N5O3/c1-2-21-20(26)16-12-14-11-15(25(27)28)6-7-17(14)24-10-9-23(13-18(16)24)19-5-3-4-8-22-19/h3-8,11,16,18H,2,9-10,12-13H2,1H3,(H,21,26)/t16-,18-/m0/s1. The summed E-state index contributed by atoms with van der Waals surface area (Å²) in [7, 11) is 0. The fraction of sp³-hybridized carbons (Fsp3) is 0.400. The van der Waals surface area contributed by atoms with E-state index in [0.717, 1.165) is 30.2 Å². The predicted octanol–water partition coefficient (Wildman–Crippen LogP) is 1.99. The molecule has 8 heteroatoms. The van der Waals surface area contributed by atoms with E-state index in [1.165, 1.54) is 0 Å². The number of nitro groups is 1. The number of carbonyl (C=O) groups is 1. The Labute approximate surface area is 163 Å². The Morgan fingerprint density at radius 2 is 2.18 bits per heavy atom. The lowest BCUT2D eigenvalue weighted by Crippen LogP contribution is -2.61. The lowest BCUT2D eigenvalue weighted by molar-refractivity contribution is -0.384. The van der Waals surface area contributed by atoms with Gasteiger partial charge < -0.3 is 15.1 Å². The van der Waals surface area contributed by atoms with Crippen molar-refractivity contribution in [2.75, 3.05) is 36.0 Å². The van der Waals surface area contributed by atoms with Crippen LogP contribution in [0.3, 0.4) is 0 Å². The monoisotopic (exact) mass is 381 g/mol. The van der Waals surface area contributed by atoms with Gasteiger partial charge in [-0.05, 0) is 37.1 Å². The average molecular weight is 381 g/mol. The van der Waals surface area contributed by atoms with Crippen molar-refractivity contribution in [3.05, 3.63) is 58.3 Å². The van der Waals surface area contributed by atoms with Gasteiger partial charge in [0.2, 0.25) is 5.91 Å². The summed E-state index contributed by atoms with van der Waals surface area (Å²) >= 11 is 0. The van der Waals surface area contributed by atoms with E-state index < -0.39 is 0 Å². The van der Waals surface area contributed by atoms with Gasteiger partial charge in [-0.1, -0.05) is 6.07 Å². The molecule has 1 aromatic heterocycles. The highest BCUT2D eigenvalue weighted by Gasteiger charge is 2.42. The number of amides is 1. The topological polar surface area (TPSA) is 91.6 Å². The van der Waals surface area contributed by atoms with E-state index in [1.54, 1.807) is 18.3 Å². The maximum Gasteiger partial charge on any atom is 0.269 e. The highest BCUT2D eigenvalue weighted by molar-refractivity contribution is 5.82. The molecule has 2 aliphatic rings. The first-order valence-corrected chi connectivity index (χ1v) is 9.56. The number of pyridine rings is 1. The third kappa shape index (κ3) is 3.26. The molecule has 28 heavy (non-hydrogen) atoms. The number of nitrogens with one attached hydrogen (secondary N) is 1. The van der Waals surface area contributed by atoms with Crippen LogP contribution in [0.15, 0.2) is 42.6 Å². The zero-order valence-electron chi connectivity index (χ0n) is 15.7. The molecule has 3 heterocycles. The number of carbonyl (C=O) groups excluding carboxylic acids is 1. The molecule has 0 saturated carbocycles. The zero-order chi connectivity index (χ0) is 19.7. The molecule has 146 valence electrons. The van der Waals surface area contributed by atoms with Crippen LogP contribution in [0.1, 0.15) is 12.5 Å². The molecule has 1 N–H and O–H groups in total. The number of nitrogens with zero attached hydrogens (tertiary/aromatic N) is 4. The maximum absolute atomic E-state index is 12.8. The summed E-state index contributed by atoms with van der Waals surface area (Å²) in [5.41, 5.74) is 1.93. The van der Waals surface area contributed by atoms with Crippen molar-refractivity contribution in [1.29, 1.82) is 0 Å². The molecule has 4 rings (SSSR count). The van der Waals surface area contributed by atoms with Crippen LogP contribution in [0.2, 0.25) is 0 Å². The first-order chi connectivity index (χ1) is 13.6. The number of hydrogen-bond acceptors (Lipinski definition) is 6. The largest absolute Gasteiger partial charge is 0.364 e. The number of anilines is 2. The van der Waals surface area contributed by atoms with Gasteiger partial charge in [-0.25, -0.2) is 4.98 Å². The molecule has 0 radical (unpaired) electrons. The van der Waals surface area contributed by atoms with Gasteiger partial charge in [-0.2, -0.15) is 0 Å². The summed E-state index contributed by atoms with van der Waals surface area (Å²) in [6.07, 6.45) is 2.28. The number of hydrogen-bond donors (Lipinski definition) is 1. The van der Waals surface area contributed by atoms with Crippen LogP contribution in [-0.2, 0) is 11.2 Å². The van der Waals surface area contributed by atoms with Crippen LogP contribution in [0.4, 0.5) is 17.2 Å². The van der Waals surface area contributed by atoms with Crippen LogP contribution in [0.5, 0.6) is 0 Å². The van der Waals surface area contributed by atoms with Crippen LogP contribution in [0.25, 0.3) is 0 Å². The Morgan fingerprint density at radius 3 is 2.89 bits per heavy atom. The van der Waals surface area contributed by atoms with Crippen LogP contribution >= 0.6 is 0 Å². The van der Waals surface area contributed by atoms with Crippen LogP contribution in [-0.4, -0.2) is 48.0 Å². The van der Waals surface area contributed by atoms with E-state index in [2.05, 4.69) is 20.1 Å². The molecule has 2 atom stereocenters. The highest BCUT2D eigenvalue weighted by atomic mass is 16.6. The number of nitro benzene ring substituents is 1. The Bertz CT molecular complexity index is 889. The highest BCUT2D eigenvalue weighted by Crippen LogP contribution is 2.38. The Hall–Kier alpha value is -3.16. The van der Waals surface area contributed by atoms with Crippen molar-refractivity contribution in [1.82, 2.24) is 10.3 Å². The third-order valence-corrected chi connectivity index (χ3v) is 5.57. The number of rotatable bonds is 4. The first kappa shape index (κ1) is 18.2. The smallest absolute Gasteiger partial charge is 0.269 e. The molecular formula is C20H23N5O3. The summed E-state index contributed by atoms with van der Waals surface area (Å²) in [6, 6.07) is 10.8. The van der Waals surface area contributed by atoms with Crippen LogP contribution in [0, 0.1) is 16.0 Å². The van der Waals surface area contributed by atoms with Gasteiger partial charge in [0.25, 0.3) is 5.69 Å². The van der Waals surface area contributed by atoms with Gasteiger partial charge in [0.15, 0.2) is 0 Å². The first-order valence-electron chi connectivity index (χ1n) is 9.56. The molecule has 0 spiro atoms. The van der Waals surface area contributed by atoms with Crippen molar-refractivity contribution in [2.24, 2.45) is 5.92 Å². The van der Waals surface area contributed by atoms with Crippen LogP contribution < -0.4 is 15.1 Å². The van der Waals surface area contributed by atoms with Gasteiger partial charge in [0.05, 0.1) is 16.9 Å². The molecular weight excluding hydrogens is 358 g/mol. The van der Waals surface area contributed by atoms with E-state index in [4.69, 9.17) is 0 Å². The van der Waals surface area contributed by atoms with E-state index in [1.807, 2.05) is 31.2 Å². The Kier molecular flexibility index (Phi) is 4.85. The lowest BCUT2D eigenvalue weighted by atomic mass is 9.83. The summed E-state index contributed by atoms with van der Waals surface area (Å²) in [6.45, 7) is 4.68. The molecule has 0 aliphatic carbocycles. The van der Waals surface area contributed by atoms with Gasteiger partial charge in [-0.3, -0.25) is 14.9 Å². The second-order valence-electron chi connectivity index (χ2n) is 7.17. The van der Waals surface area contributed by atoms with Crippen molar-refractivity contribution in [3.8, 4) is 0 Å². The molecule has 0 unspecified atom stereocenters. The summed E-state index contributed by atoms with van der Waals surface area (Å²) in [5, 5.41) is 14.1. The van der Waals surface area contributed by atoms with Gasteiger partial charge >= 0.3 is 0 Å². The van der Waals surface area contributed by atoms with E-state index in [9.17, 15) is 14.9 Å². The summed E-state index contributed by atoms with van der Waals surface area (Å²) in [4.78, 5) is 32.5. The second-order valence-corrected chi connectivity index (χ2v) is 7.17. The number of aromatic nitrogens is 1. The molecule has 1 saturated heterocycles. The number of non-ortho nitro benzene ring substituents is 1. The van der Waals surface area contributed by atoms with Gasteiger partial charge in [-0.15, -0.1) is 0 Å².